The van der Waals surface area contributed by atoms with Crippen molar-refractivity contribution in [1.82, 2.24) is 5.32 Å². The molecule has 0 aliphatic heterocycles. The van der Waals surface area contributed by atoms with E-state index in [9.17, 15) is 9.59 Å². The molecule has 0 aliphatic carbocycles. The Labute approximate surface area is 119 Å². The molecule has 0 saturated heterocycles. The number of carbonyl (C=O) groups is 2. The summed E-state index contributed by atoms with van der Waals surface area (Å²) in [5, 5.41) is 14.6. The zero-order chi connectivity index (χ0) is 16.0. The Balaban J connectivity index is 5.52. The number of hydrogen-bond acceptors (Lipinski definition) is 4. The molecule has 0 aliphatic rings. The molecule has 0 unspecified atom stereocenters. The summed E-state index contributed by atoms with van der Waals surface area (Å²) < 4.78 is 0. The Bertz CT molecular complexity index is 385. The number of oxime groups is 1. The van der Waals surface area contributed by atoms with Crippen molar-refractivity contribution in [3.8, 4) is 0 Å². The lowest BCUT2D eigenvalue weighted by atomic mass is 9.76. The highest BCUT2D eigenvalue weighted by Crippen LogP contribution is 2.31. The summed E-state index contributed by atoms with van der Waals surface area (Å²) in [7, 11) is 0. The second-order valence-electron chi connectivity index (χ2n) is 5.51. The van der Waals surface area contributed by atoms with E-state index in [1.165, 1.54) is 13.8 Å². The van der Waals surface area contributed by atoms with Crippen molar-refractivity contribution in [3.05, 3.63) is 0 Å². The molecule has 0 heterocycles. The van der Waals surface area contributed by atoms with E-state index in [2.05, 4.69) is 10.5 Å². The first-order valence-corrected chi connectivity index (χ1v) is 6.78. The number of hydrogen-bond donors (Lipinski definition) is 4. The molecule has 0 aromatic carbocycles. The Morgan fingerprint density at radius 2 is 1.60 bits per heavy atom. The molecule has 20 heavy (non-hydrogen) atoms. The van der Waals surface area contributed by atoms with Gasteiger partial charge in [0.15, 0.2) is 5.84 Å². The van der Waals surface area contributed by atoms with E-state index in [-0.39, 0.29) is 5.84 Å². The Morgan fingerprint density at radius 3 is 1.90 bits per heavy atom. The maximum atomic E-state index is 12.6. The zero-order valence-electron chi connectivity index (χ0n) is 12.7. The van der Waals surface area contributed by atoms with E-state index in [1.54, 1.807) is 0 Å². The zero-order valence-corrected chi connectivity index (χ0v) is 12.7. The van der Waals surface area contributed by atoms with Gasteiger partial charge in [0.25, 0.3) is 0 Å². The van der Waals surface area contributed by atoms with E-state index in [0.29, 0.717) is 25.7 Å². The SMILES string of the molecule is CCCC(CCC)(C(=O)NC(C)(C)C(N)=O)C(N)=NO. The molecule has 0 bridgehead atoms. The van der Waals surface area contributed by atoms with Crippen molar-refractivity contribution in [2.24, 2.45) is 22.0 Å². The highest BCUT2D eigenvalue weighted by atomic mass is 16.4. The van der Waals surface area contributed by atoms with Crippen LogP contribution in [0.25, 0.3) is 0 Å². The third-order valence-electron chi connectivity index (χ3n) is 3.43. The second kappa shape index (κ2) is 7.12. The standard InChI is InChI=1S/C13H26N4O3/c1-5-7-13(8-6-2,9(14)17-20)11(19)16-12(3,4)10(15)18/h20H,5-8H2,1-4H3,(H2,14,17)(H2,15,18)(H,16,19). The lowest BCUT2D eigenvalue weighted by molar-refractivity contribution is -0.135. The molecule has 2 amide bonds. The van der Waals surface area contributed by atoms with Crippen LogP contribution in [0, 0.1) is 5.41 Å². The summed E-state index contributed by atoms with van der Waals surface area (Å²) in [6.45, 7) is 6.84. The molecule has 0 aromatic rings. The monoisotopic (exact) mass is 286 g/mol. The van der Waals surface area contributed by atoms with Crippen LogP contribution in [-0.4, -0.2) is 28.4 Å². The van der Waals surface area contributed by atoms with Crippen LogP contribution in [0.4, 0.5) is 0 Å². The third kappa shape index (κ3) is 3.85. The van der Waals surface area contributed by atoms with Crippen LogP contribution >= 0.6 is 0 Å². The van der Waals surface area contributed by atoms with Crippen LogP contribution in [0.15, 0.2) is 5.16 Å². The molecule has 0 spiro atoms. The van der Waals surface area contributed by atoms with Crippen molar-refractivity contribution in [3.63, 3.8) is 0 Å². The molecule has 0 saturated carbocycles. The van der Waals surface area contributed by atoms with E-state index in [4.69, 9.17) is 16.7 Å². The number of nitrogens with zero attached hydrogens (tertiary/aromatic N) is 1. The summed E-state index contributed by atoms with van der Waals surface area (Å²) in [6.07, 6.45) is 2.22. The summed E-state index contributed by atoms with van der Waals surface area (Å²) in [4.78, 5) is 23.9. The fourth-order valence-corrected chi connectivity index (χ4v) is 2.14. The van der Waals surface area contributed by atoms with Crippen LogP contribution in [0.1, 0.15) is 53.4 Å². The van der Waals surface area contributed by atoms with Gasteiger partial charge < -0.3 is 22.0 Å². The fraction of sp³-hybridized carbons (Fsp3) is 0.769. The quantitative estimate of drug-likeness (QED) is 0.226. The van der Waals surface area contributed by atoms with Gasteiger partial charge in [0.05, 0.1) is 0 Å². The number of amides is 2. The molecular formula is C13H26N4O3. The molecule has 0 aromatic heterocycles. The van der Waals surface area contributed by atoms with Gasteiger partial charge in [0, 0.05) is 0 Å². The number of nitrogens with two attached hydrogens (primary N) is 2. The van der Waals surface area contributed by atoms with Crippen LogP contribution in [0.2, 0.25) is 0 Å². The first kappa shape index (κ1) is 18.2. The minimum absolute atomic E-state index is 0.140. The number of carbonyl (C=O) groups excluding carboxylic acids is 2. The molecule has 0 radical (unpaired) electrons. The Hall–Kier alpha value is -1.79. The van der Waals surface area contributed by atoms with Crippen LogP contribution in [0.3, 0.4) is 0 Å². The number of nitrogens with one attached hydrogen (secondary N) is 1. The van der Waals surface area contributed by atoms with Gasteiger partial charge in [-0.1, -0.05) is 31.8 Å². The normalized spacial score (nSPS) is 13.1. The molecule has 0 rings (SSSR count). The van der Waals surface area contributed by atoms with E-state index in [1.807, 2.05) is 13.8 Å². The summed E-state index contributed by atoms with van der Waals surface area (Å²) >= 11 is 0. The van der Waals surface area contributed by atoms with Crippen LogP contribution in [0.5, 0.6) is 0 Å². The maximum absolute atomic E-state index is 12.6. The maximum Gasteiger partial charge on any atom is 0.242 e. The van der Waals surface area contributed by atoms with E-state index >= 15 is 0 Å². The molecule has 116 valence electrons. The molecule has 7 nitrogen and oxygen atoms in total. The number of primary amides is 1. The molecule has 6 N–H and O–H groups in total. The van der Waals surface area contributed by atoms with E-state index in [0.717, 1.165) is 0 Å². The minimum Gasteiger partial charge on any atom is -0.409 e. The van der Waals surface area contributed by atoms with Gasteiger partial charge in [0.2, 0.25) is 11.8 Å². The van der Waals surface area contributed by atoms with Gasteiger partial charge in [-0.15, -0.1) is 0 Å². The van der Waals surface area contributed by atoms with Gasteiger partial charge in [0.1, 0.15) is 11.0 Å². The average Bonchev–Trinajstić information content (AvgIpc) is 2.36. The largest absolute Gasteiger partial charge is 0.409 e. The summed E-state index contributed by atoms with van der Waals surface area (Å²) in [5.74, 6) is -1.23. The van der Waals surface area contributed by atoms with Crippen molar-refractivity contribution >= 4 is 17.6 Å². The lowest BCUT2D eigenvalue weighted by Crippen LogP contribution is -2.59. The average molecular weight is 286 g/mol. The predicted octanol–water partition coefficient (Wildman–Crippen LogP) is 0.700. The van der Waals surface area contributed by atoms with Crippen LogP contribution in [-0.2, 0) is 9.59 Å². The lowest BCUT2D eigenvalue weighted by Gasteiger charge is -2.34. The van der Waals surface area contributed by atoms with E-state index < -0.39 is 22.8 Å². The molecule has 0 atom stereocenters. The molecule has 0 fully saturated rings. The highest BCUT2D eigenvalue weighted by Gasteiger charge is 2.44. The summed E-state index contributed by atoms with van der Waals surface area (Å²) in [6, 6.07) is 0. The Kier molecular flexibility index (Phi) is 6.48. The highest BCUT2D eigenvalue weighted by molar-refractivity contribution is 6.08. The number of amidine groups is 1. The first-order valence-electron chi connectivity index (χ1n) is 6.78. The van der Waals surface area contributed by atoms with Gasteiger partial charge in [-0.25, -0.2) is 0 Å². The topological polar surface area (TPSA) is 131 Å². The van der Waals surface area contributed by atoms with Crippen molar-refractivity contribution in [1.29, 1.82) is 0 Å². The van der Waals surface area contributed by atoms with Gasteiger partial charge in [-0.05, 0) is 26.7 Å². The smallest absolute Gasteiger partial charge is 0.242 e. The first-order chi connectivity index (χ1) is 9.17. The van der Waals surface area contributed by atoms with Gasteiger partial charge >= 0.3 is 0 Å². The summed E-state index contributed by atoms with van der Waals surface area (Å²) in [5.41, 5.74) is 8.68. The third-order valence-corrected chi connectivity index (χ3v) is 3.43. The minimum atomic E-state index is -1.19. The predicted molar refractivity (Wildman–Crippen MR) is 77.1 cm³/mol. The van der Waals surface area contributed by atoms with Gasteiger partial charge in [-0.2, -0.15) is 0 Å². The number of rotatable bonds is 8. The van der Waals surface area contributed by atoms with Gasteiger partial charge in [-0.3, -0.25) is 9.59 Å². The second-order valence-corrected chi connectivity index (χ2v) is 5.51. The Morgan fingerprint density at radius 1 is 1.15 bits per heavy atom. The van der Waals surface area contributed by atoms with Crippen molar-refractivity contribution < 1.29 is 14.8 Å². The van der Waals surface area contributed by atoms with Crippen molar-refractivity contribution in [2.75, 3.05) is 0 Å². The molecule has 7 heteroatoms. The van der Waals surface area contributed by atoms with Crippen molar-refractivity contribution in [2.45, 2.75) is 58.9 Å². The molecular weight excluding hydrogens is 260 g/mol. The fourth-order valence-electron chi connectivity index (χ4n) is 2.14. The van der Waals surface area contributed by atoms with Crippen LogP contribution < -0.4 is 16.8 Å².